The molecule has 0 bridgehead atoms. The van der Waals surface area contributed by atoms with E-state index in [0.29, 0.717) is 28.2 Å². The Kier molecular flexibility index (Phi) is 2.86. The summed E-state index contributed by atoms with van der Waals surface area (Å²) in [6.45, 7) is 0. The van der Waals surface area contributed by atoms with Crippen LogP contribution >= 0.6 is 0 Å². The van der Waals surface area contributed by atoms with E-state index in [-0.39, 0.29) is 0 Å². The number of hydrogen-bond donors (Lipinski definition) is 2. The molecule has 1 heterocycles. The van der Waals surface area contributed by atoms with Crippen molar-refractivity contribution in [1.29, 1.82) is 0 Å². The lowest BCUT2D eigenvalue weighted by atomic mass is 10.2. The fourth-order valence-corrected chi connectivity index (χ4v) is 1.75. The minimum atomic E-state index is -0.408. The van der Waals surface area contributed by atoms with E-state index >= 15 is 0 Å². The lowest BCUT2D eigenvalue weighted by Gasteiger charge is -2.12. The van der Waals surface area contributed by atoms with E-state index < -0.39 is 5.69 Å². The molecule has 17 heavy (non-hydrogen) atoms. The predicted molar refractivity (Wildman–Crippen MR) is 65.0 cm³/mol. The molecule has 0 aliphatic heterocycles. The Morgan fingerprint density at radius 3 is 2.65 bits per heavy atom. The average molecular weight is 235 g/mol. The van der Waals surface area contributed by atoms with Crippen LogP contribution in [0.1, 0.15) is 0 Å². The highest BCUT2D eigenvalue weighted by atomic mass is 16.5. The van der Waals surface area contributed by atoms with Crippen LogP contribution in [-0.4, -0.2) is 31.2 Å². The van der Waals surface area contributed by atoms with Crippen LogP contribution in [0.3, 0.4) is 0 Å². The monoisotopic (exact) mass is 235 g/mol. The normalized spacial score (nSPS) is 10.3. The van der Waals surface area contributed by atoms with E-state index in [4.69, 9.17) is 9.47 Å². The topological polar surface area (TPSA) is 76.2 Å². The lowest BCUT2D eigenvalue weighted by Crippen LogP contribution is -2.13. The molecule has 0 aliphatic rings. The lowest BCUT2D eigenvalue weighted by molar-refractivity contribution is 0.358. The van der Waals surface area contributed by atoms with Crippen molar-refractivity contribution in [2.75, 3.05) is 26.6 Å². The highest BCUT2D eigenvalue weighted by Crippen LogP contribution is 2.37. The first-order chi connectivity index (χ1) is 8.21. The van der Waals surface area contributed by atoms with Gasteiger partial charge in [-0.2, -0.15) is 4.98 Å². The van der Waals surface area contributed by atoms with Crippen LogP contribution in [0.25, 0.3) is 10.9 Å². The van der Waals surface area contributed by atoms with Gasteiger partial charge in [0.15, 0.2) is 11.5 Å². The zero-order valence-electron chi connectivity index (χ0n) is 9.83. The Labute approximate surface area is 97.6 Å². The van der Waals surface area contributed by atoms with Crippen molar-refractivity contribution in [3.8, 4) is 11.5 Å². The number of nitrogens with zero attached hydrogens (tertiary/aromatic N) is 1. The van der Waals surface area contributed by atoms with Crippen molar-refractivity contribution in [3.63, 3.8) is 0 Å². The number of benzene rings is 1. The van der Waals surface area contributed by atoms with Crippen LogP contribution < -0.4 is 20.5 Å². The van der Waals surface area contributed by atoms with Crippen molar-refractivity contribution < 1.29 is 9.47 Å². The zero-order chi connectivity index (χ0) is 12.4. The molecule has 0 atom stereocenters. The molecule has 0 saturated carbocycles. The number of aromatic nitrogens is 2. The summed E-state index contributed by atoms with van der Waals surface area (Å²) >= 11 is 0. The Hall–Kier alpha value is -2.24. The summed E-state index contributed by atoms with van der Waals surface area (Å²) < 4.78 is 10.5. The maximum atomic E-state index is 11.3. The molecular weight excluding hydrogens is 222 g/mol. The fraction of sp³-hybridized carbons (Fsp3) is 0.273. The number of nitrogens with one attached hydrogen (secondary N) is 2. The van der Waals surface area contributed by atoms with Crippen LogP contribution in [0, 0.1) is 0 Å². The third-order valence-corrected chi connectivity index (χ3v) is 2.47. The molecule has 2 N–H and O–H groups in total. The van der Waals surface area contributed by atoms with Crippen LogP contribution in [0.15, 0.2) is 16.9 Å². The minimum absolute atomic E-state index is 0.408. The van der Waals surface area contributed by atoms with Crippen LogP contribution in [0.5, 0.6) is 11.5 Å². The molecular formula is C11H13N3O3. The van der Waals surface area contributed by atoms with E-state index in [2.05, 4.69) is 15.3 Å². The Balaban J connectivity index is 2.91. The van der Waals surface area contributed by atoms with Crippen LogP contribution in [0.2, 0.25) is 0 Å². The molecule has 0 saturated heterocycles. The van der Waals surface area contributed by atoms with Gasteiger partial charge >= 0.3 is 5.69 Å². The Morgan fingerprint density at radius 1 is 1.29 bits per heavy atom. The number of aromatic amines is 1. The second-order valence-corrected chi connectivity index (χ2v) is 3.36. The maximum absolute atomic E-state index is 11.3. The predicted octanol–water partition coefficient (Wildman–Crippen LogP) is 0.982. The third-order valence-electron chi connectivity index (χ3n) is 2.47. The number of H-pyrrole nitrogens is 1. The van der Waals surface area contributed by atoms with Gasteiger partial charge in [0, 0.05) is 7.05 Å². The Morgan fingerprint density at radius 2 is 2.06 bits per heavy atom. The first-order valence-electron chi connectivity index (χ1n) is 5.04. The number of ether oxygens (including phenoxy) is 2. The number of rotatable bonds is 3. The molecule has 90 valence electrons. The SMILES string of the molecule is CNc1nc(=O)[nH]c2ccc(OC)c(OC)c12. The Bertz CT molecular complexity index is 607. The molecule has 0 unspecified atom stereocenters. The first-order valence-corrected chi connectivity index (χ1v) is 5.04. The molecule has 0 spiro atoms. The molecule has 1 aromatic carbocycles. The smallest absolute Gasteiger partial charge is 0.347 e. The highest BCUT2D eigenvalue weighted by Gasteiger charge is 2.14. The summed E-state index contributed by atoms with van der Waals surface area (Å²) in [6.07, 6.45) is 0. The van der Waals surface area contributed by atoms with Crippen molar-refractivity contribution in [3.05, 3.63) is 22.6 Å². The van der Waals surface area contributed by atoms with Crippen molar-refractivity contribution in [2.45, 2.75) is 0 Å². The van der Waals surface area contributed by atoms with Gasteiger partial charge in [0.05, 0.1) is 25.1 Å². The van der Waals surface area contributed by atoms with E-state index in [9.17, 15) is 4.79 Å². The molecule has 0 amide bonds. The molecule has 2 aromatic rings. The zero-order valence-corrected chi connectivity index (χ0v) is 9.83. The third kappa shape index (κ3) is 1.77. The van der Waals surface area contributed by atoms with E-state index in [1.165, 1.54) is 0 Å². The van der Waals surface area contributed by atoms with Gasteiger partial charge in [-0.25, -0.2) is 4.79 Å². The fourth-order valence-electron chi connectivity index (χ4n) is 1.75. The number of anilines is 1. The number of methoxy groups -OCH3 is 2. The van der Waals surface area contributed by atoms with Gasteiger partial charge in [0.1, 0.15) is 5.82 Å². The van der Waals surface area contributed by atoms with E-state index in [1.807, 2.05) is 0 Å². The van der Waals surface area contributed by atoms with Crippen LogP contribution in [-0.2, 0) is 0 Å². The molecule has 2 rings (SSSR count). The van der Waals surface area contributed by atoms with Crippen LogP contribution in [0.4, 0.5) is 5.82 Å². The van der Waals surface area contributed by atoms with Crippen molar-refractivity contribution in [1.82, 2.24) is 9.97 Å². The molecule has 6 heteroatoms. The van der Waals surface area contributed by atoms with Gasteiger partial charge in [0.25, 0.3) is 0 Å². The first kappa shape index (κ1) is 11.3. The maximum Gasteiger partial charge on any atom is 0.347 e. The largest absolute Gasteiger partial charge is 0.493 e. The molecule has 1 aromatic heterocycles. The quantitative estimate of drug-likeness (QED) is 0.829. The molecule has 0 fully saturated rings. The number of hydrogen-bond acceptors (Lipinski definition) is 5. The van der Waals surface area contributed by atoms with Gasteiger partial charge in [-0.3, -0.25) is 0 Å². The summed E-state index contributed by atoms with van der Waals surface area (Å²) in [7, 11) is 4.80. The highest BCUT2D eigenvalue weighted by molar-refractivity contribution is 5.96. The van der Waals surface area contributed by atoms with Gasteiger partial charge in [-0.05, 0) is 12.1 Å². The van der Waals surface area contributed by atoms with Gasteiger partial charge in [0.2, 0.25) is 0 Å². The van der Waals surface area contributed by atoms with Gasteiger partial charge in [-0.15, -0.1) is 0 Å². The van der Waals surface area contributed by atoms with Crippen molar-refractivity contribution >= 4 is 16.7 Å². The molecule has 0 aliphatic carbocycles. The minimum Gasteiger partial charge on any atom is -0.493 e. The second kappa shape index (κ2) is 4.32. The van der Waals surface area contributed by atoms with E-state index in [1.54, 1.807) is 33.4 Å². The molecule has 0 radical (unpaired) electrons. The van der Waals surface area contributed by atoms with E-state index in [0.717, 1.165) is 0 Å². The summed E-state index contributed by atoms with van der Waals surface area (Å²) in [5.74, 6) is 1.59. The summed E-state index contributed by atoms with van der Waals surface area (Å²) in [6, 6.07) is 3.48. The summed E-state index contributed by atoms with van der Waals surface area (Å²) in [4.78, 5) is 17.8. The second-order valence-electron chi connectivity index (χ2n) is 3.36. The summed E-state index contributed by atoms with van der Waals surface area (Å²) in [5.41, 5.74) is 0.237. The van der Waals surface area contributed by atoms with Gasteiger partial charge in [-0.1, -0.05) is 0 Å². The average Bonchev–Trinajstić information content (AvgIpc) is 2.36. The standard InChI is InChI=1S/C11H13N3O3/c1-12-10-8-6(13-11(15)14-10)4-5-7(16-2)9(8)17-3/h4-5H,1-3H3,(H2,12,13,14,15). The number of fused-ring (bicyclic) bond motifs is 1. The summed E-state index contributed by atoms with van der Waals surface area (Å²) in [5, 5.41) is 3.56. The molecule has 6 nitrogen and oxygen atoms in total. The van der Waals surface area contributed by atoms with Crippen molar-refractivity contribution in [2.24, 2.45) is 0 Å². The van der Waals surface area contributed by atoms with Gasteiger partial charge < -0.3 is 19.8 Å².